The van der Waals surface area contributed by atoms with Gasteiger partial charge in [0.25, 0.3) is 5.91 Å². The molecule has 1 aromatic carbocycles. The van der Waals surface area contributed by atoms with Crippen LogP contribution in [0.1, 0.15) is 69.4 Å². The second-order valence-corrected chi connectivity index (χ2v) is 10.7. The number of hydrogen-bond acceptors (Lipinski definition) is 4. The minimum Gasteiger partial charge on any atom is -0.507 e. The number of phenols is 1. The first-order valence-corrected chi connectivity index (χ1v) is 10.2. The van der Waals surface area contributed by atoms with Gasteiger partial charge in [0.05, 0.1) is 13.2 Å². The van der Waals surface area contributed by atoms with Crippen molar-refractivity contribution in [3.05, 3.63) is 28.8 Å². The van der Waals surface area contributed by atoms with Gasteiger partial charge in [0, 0.05) is 41.8 Å². The van der Waals surface area contributed by atoms with Crippen molar-refractivity contribution in [2.24, 2.45) is 11.3 Å². The molecule has 0 aromatic heterocycles. The molecule has 5 nitrogen and oxygen atoms in total. The summed E-state index contributed by atoms with van der Waals surface area (Å²) in [5.74, 6) is 0.529. The van der Waals surface area contributed by atoms with E-state index in [9.17, 15) is 15.0 Å². The summed E-state index contributed by atoms with van der Waals surface area (Å²) in [5, 5.41) is 20.9. The molecule has 2 aliphatic heterocycles. The van der Waals surface area contributed by atoms with Gasteiger partial charge in [0.15, 0.2) is 0 Å². The van der Waals surface area contributed by atoms with E-state index < -0.39 is 0 Å². The first kappa shape index (κ1) is 21.1. The topological polar surface area (TPSA) is 70.0 Å². The molecule has 1 aromatic rings. The number of aliphatic hydroxyl groups excluding tert-OH is 1. The Bertz CT molecular complexity index is 724. The largest absolute Gasteiger partial charge is 0.507 e. The van der Waals surface area contributed by atoms with Crippen LogP contribution in [0.4, 0.5) is 0 Å². The van der Waals surface area contributed by atoms with Gasteiger partial charge in [0.1, 0.15) is 5.75 Å². The second kappa shape index (κ2) is 7.03. The van der Waals surface area contributed by atoms with Crippen LogP contribution in [0, 0.1) is 11.3 Å². The Labute approximate surface area is 168 Å². The molecule has 2 heterocycles. The summed E-state index contributed by atoms with van der Waals surface area (Å²) in [7, 11) is 0. The molecule has 0 aliphatic carbocycles. The van der Waals surface area contributed by atoms with E-state index in [0.717, 1.165) is 17.5 Å². The summed E-state index contributed by atoms with van der Waals surface area (Å²) in [5.41, 5.74) is 1.30. The summed E-state index contributed by atoms with van der Waals surface area (Å²) in [6.07, 6.45) is 0.875. The van der Waals surface area contributed by atoms with Crippen LogP contribution >= 0.6 is 0 Å². The number of phenolic OH excluding ortho intramolecular Hbond substituents is 1. The van der Waals surface area contributed by atoms with Gasteiger partial charge in [0.2, 0.25) is 0 Å². The molecule has 3 rings (SSSR count). The lowest BCUT2D eigenvalue weighted by Crippen LogP contribution is -2.43. The number of likely N-dealkylation sites (tertiary alicyclic amines) is 1. The molecule has 0 bridgehead atoms. The quantitative estimate of drug-likeness (QED) is 0.813. The maximum atomic E-state index is 13.4. The highest BCUT2D eigenvalue weighted by atomic mass is 16.5. The highest BCUT2D eigenvalue weighted by molar-refractivity contribution is 5.95. The van der Waals surface area contributed by atoms with Gasteiger partial charge < -0.3 is 19.8 Å². The summed E-state index contributed by atoms with van der Waals surface area (Å²) in [6.45, 7) is 14.7. The Morgan fingerprint density at radius 1 is 1.18 bits per heavy atom. The molecule has 0 radical (unpaired) electrons. The SMILES string of the molecule is CC(C)(C)c1cc(C(=O)N2C[C@@H]3CCOC[C@]3(CO)C2)cc(C(C)(C)C)c1O. The van der Waals surface area contributed by atoms with Crippen LogP contribution < -0.4 is 0 Å². The third-order valence-electron chi connectivity index (χ3n) is 6.39. The van der Waals surface area contributed by atoms with Gasteiger partial charge in [-0.15, -0.1) is 0 Å². The van der Waals surface area contributed by atoms with Gasteiger partial charge in [-0.05, 0) is 35.3 Å². The Morgan fingerprint density at radius 2 is 1.75 bits per heavy atom. The molecule has 156 valence electrons. The third kappa shape index (κ3) is 3.67. The van der Waals surface area contributed by atoms with Gasteiger partial charge in [-0.2, -0.15) is 0 Å². The molecular formula is C23H35NO4. The number of ether oxygens (including phenoxy) is 1. The zero-order valence-electron chi connectivity index (χ0n) is 18.1. The number of amides is 1. The summed E-state index contributed by atoms with van der Waals surface area (Å²) >= 11 is 0. The van der Waals surface area contributed by atoms with E-state index in [4.69, 9.17) is 4.74 Å². The predicted octanol–water partition coefficient (Wildman–Crippen LogP) is 3.46. The number of nitrogens with zero attached hydrogens (tertiary/aromatic N) is 1. The van der Waals surface area contributed by atoms with E-state index in [1.54, 1.807) is 0 Å². The van der Waals surface area contributed by atoms with E-state index in [-0.39, 0.29) is 40.4 Å². The van der Waals surface area contributed by atoms with Gasteiger partial charge in [-0.1, -0.05) is 41.5 Å². The van der Waals surface area contributed by atoms with Crippen molar-refractivity contribution in [2.45, 2.75) is 58.8 Å². The van der Waals surface area contributed by atoms with E-state index in [1.165, 1.54) is 0 Å². The monoisotopic (exact) mass is 389 g/mol. The molecule has 0 saturated carbocycles. The lowest BCUT2D eigenvalue weighted by atomic mass is 9.76. The van der Waals surface area contributed by atoms with E-state index in [0.29, 0.717) is 31.9 Å². The number of aromatic hydroxyl groups is 1. The van der Waals surface area contributed by atoms with Crippen molar-refractivity contribution in [3.63, 3.8) is 0 Å². The highest BCUT2D eigenvalue weighted by Crippen LogP contribution is 2.43. The minimum absolute atomic E-state index is 0.0294. The van der Waals surface area contributed by atoms with Crippen molar-refractivity contribution in [2.75, 3.05) is 32.9 Å². The van der Waals surface area contributed by atoms with Crippen molar-refractivity contribution in [1.82, 2.24) is 4.90 Å². The molecular weight excluding hydrogens is 354 g/mol. The molecule has 2 fully saturated rings. The number of hydrogen-bond donors (Lipinski definition) is 2. The minimum atomic E-state index is -0.343. The molecule has 28 heavy (non-hydrogen) atoms. The fourth-order valence-corrected chi connectivity index (χ4v) is 4.56. The molecule has 2 saturated heterocycles. The fourth-order valence-electron chi connectivity index (χ4n) is 4.56. The summed E-state index contributed by atoms with van der Waals surface area (Å²) < 4.78 is 5.62. The average molecular weight is 390 g/mol. The zero-order valence-corrected chi connectivity index (χ0v) is 18.1. The number of benzene rings is 1. The number of aliphatic hydroxyl groups is 1. The number of rotatable bonds is 2. The highest BCUT2D eigenvalue weighted by Gasteiger charge is 2.49. The van der Waals surface area contributed by atoms with E-state index >= 15 is 0 Å². The van der Waals surface area contributed by atoms with E-state index in [1.807, 2.05) is 58.6 Å². The van der Waals surface area contributed by atoms with Gasteiger partial charge >= 0.3 is 0 Å². The molecule has 2 aliphatic rings. The van der Waals surface area contributed by atoms with Crippen LogP contribution in [0.3, 0.4) is 0 Å². The normalized spacial score (nSPS) is 25.7. The maximum absolute atomic E-state index is 13.4. The second-order valence-electron chi connectivity index (χ2n) is 10.7. The van der Waals surface area contributed by atoms with Crippen molar-refractivity contribution in [1.29, 1.82) is 0 Å². The van der Waals surface area contributed by atoms with Crippen molar-refractivity contribution in [3.8, 4) is 5.75 Å². The molecule has 1 amide bonds. The van der Waals surface area contributed by atoms with Gasteiger partial charge in [-0.25, -0.2) is 0 Å². The van der Waals surface area contributed by atoms with Crippen LogP contribution in [0.5, 0.6) is 5.75 Å². The van der Waals surface area contributed by atoms with Crippen molar-refractivity contribution >= 4 is 5.91 Å². The van der Waals surface area contributed by atoms with E-state index in [2.05, 4.69) is 0 Å². The Hall–Kier alpha value is -1.59. The molecule has 5 heteroatoms. The van der Waals surface area contributed by atoms with Crippen molar-refractivity contribution < 1.29 is 19.7 Å². The standard InChI is InChI=1S/C23H35NO4/c1-21(2,3)17-9-15(10-18(19(17)26)22(4,5)6)20(27)24-11-16-7-8-28-14-23(16,12-24)13-25/h9-10,16,25-26H,7-8,11-14H2,1-6H3/t16-,23+/m0/s1. The fraction of sp³-hybridized carbons (Fsp3) is 0.696. The molecule has 0 unspecified atom stereocenters. The van der Waals surface area contributed by atoms with Gasteiger partial charge in [-0.3, -0.25) is 4.79 Å². The Morgan fingerprint density at radius 3 is 2.21 bits per heavy atom. The van der Waals surface area contributed by atoms with Crippen LogP contribution in [-0.2, 0) is 15.6 Å². The lowest BCUT2D eigenvalue weighted by Gasteiger charge is -2.36. The maximum Gasteiger partial charge on any atom is 0.253 e. The smallest absolute Gasteiger partial charge is 0.253 e. The Balaban J connectivity index is 2.00. The Kier molecular flexibility index (Phi) is 5.30. The van der Waals surface area contributed by atoms with Crippen LogP contribution in [0.15, 0.2) is 12.1 Å². The molecule has 2 atom stereocenters. The zero-order chi connectivity index (χ0) is 20.9. The number of fused-ring (bicyclic) bond motifs is 1. The van der Waals surface area contributed by atoms with Crippen LogP contribution in [0.2, 0.25) is 0 Å². The number of carbonyl (C=O) groups excluding carboxylic acids is 1. The molecule has 2 N–H and O–H groups in total. The summed E-state index contributed by atoms with van der Waals surface area (Å²) in [6, 6.07) is 3.69. The number of carbonyl (C=O) groups is 1. The average Bonchev–Trinajstić information content (AvgIpc) is 2.99. The predicted molar refractivity (Wildman–Crippen MR) is 110 cm³/mol. The third-order valence-corrected chi connectivity index (χ3v) is 6.39. The first-order valence-electron chi connectivity index (χ1n) is 10.2. The molecule has 0 spiro atoms. The van der Waals surface area contributed by atoms with Crippen LogP contribution in [0.25, 0.3) is 0 Å². The summed E-state index contributed by atoms with van der Waals surface area (Å²) in [4.78, 5) is 15.3. The van der Waals surface area contributed by atoms with Crippen LogP contribution in [-0.4, -0.2) is 53.9 Å². The lowest BCUT2D eigenvalue weighted by molar-refractivity contribution is -0.0556. The first-order chi connectivity index (χ1) is 12.9.